The number of nitrogens with two attached hydrogens (primary N) is 1. The first-order chi connectivity index (χ1) is 8.09. The van der Waals surface area contributed by atoms with Crippen molar-refractivity contribution >= 4 is 29.0 Å². The Morgan fingerprint density at radius 1 is 1.35 bits per heavy atom. The van der Waals surface area contributed by atoms with Crippen molar-refractivity contribution in [2.75, 3.05) is 13.1 Å². The molecule has 0 fully saturated rings. The van der Waals surface area contributed by atoms with Gasteiger partial charge in [-0.1, -0.05) is 12.2 Å². The zero-order valence-corrected chi connectivity index (χ0v) is 9.87. The first-order valence-corrected chi connectivity index (χ1v) is 5.30. The quantitative estimate of drug-likeness (QED) is 0.434. The number of nitrogens with one attached hydrogen (secondary N) is 2. The maximum absolute atomic E-state index is 11.3. The number of rotatable bonds is 5. The van der Waals surface area contributed by atoms with Crippen molar-refractivity contribution in [2.24, 2.45) is 5.73 Å². The molecule has 92 valence electrons. The summed E-state index contributed by atoms with van der Waals surface area (Å²) >= 11 is 4.56. The van der Waals surface area contributed by atoms with Gasteiger partial charge in [0.1, 0.15) is 0 Å². The molecule has 1 aromatic heterocycles. The van der Waals surface area contributed by atoms with E-state index in [1.54, 1.807) is 23.3 Å². The number of aromatic nitrogens is 2. The topological polar surface area (TPSA) is 102 Å². The summed E-state index contributed by atoms with van der Waals surface area (Å²) in [7, 11) is 0. The lowest BCUT2D eigenvalue weighted by atomic mass is 10.5. The van der Waals surface area contributed by atoms with E-state index in [9.17, 15) is 9.59 Å². The highest BCUT2D eigenvalue weighted by Crippen LogP contribution is 1.83. The van der Waals surface area contributed by atoms with Crippen LogP contribution in [-0.4, -0.2) is 39.4 Å². The van der Waals surface area contributed by atoms with Gasteiger partial charge < -0.3 is 20.9 Å². The van der Waals surface area contributed by atoms with Crippen molar-refractivity contribution < 1.29 is 9.59 Å². The molecular weight excluding hydrogens is 242 g/mol. The number of hydrogen-bond donors (Lipinski definition) is 3. The predicted molar refractivity (Wildman–Crippen MR) is 65.0 cm³/mol. The molecule has 7 nitrogen and oxygen atoms in total. The lowest BCUT2D eigenvalue weighted by Gasteiger charge is -2.06. The van der Waals surface area contributed by atoms with E-state index in [1.807, 2.05) is 0 Å². The Bertz CT molecular complexity index is 404. The number of carbonyl (C=O) groups excluding carboxylic acids is 2. The highest BCUT2D eigenvalue weighted by molar-refractivity contribution is 7.80. The molecule has 0 radical (unpaired) electrons. The lowest BCUT2D eigenvalue weighted by Crippen LogP contribution is -2.43. The zero-order valence-electron chi connectivity index (χ0n) is 9.05. The molecule has 0 saturated heterocycles. The van der Waals surface area contributed by atoms with Crippen molar-refractivity contribution in [2.45, 2.75) is 6.54 Å². The molecule has 2 amide bonds. The van der Waals surface area contributed by atoms with Gasteiger partial charge in [0.15, 0.2) is 0 Å². The van der Waals surface area contributed by atoms with Crippen molar-refractivity contribution in [3.8, 4) is 0 Å². The largest absolute Gasteiger partial charge is 0.392 e. The molecule has 0 aromatic carbocycles. The van der Waals surface area contributed by atoms with Crippen LogP contribution in [0.2, 0.25) is 0 Å². The fraction of sp³-hybridized carbons (Fsp3) is 0.333. The van der Waals surface area contributed by atoms with Gasteiger partial charge in [-0.15, -0.1) is 0 Å². The van der Waals surface area contributed by atoms with E-state index in [0.29, 0.717) is 13.1 Å². The van der Waals surface area contributed by atoms with Gasteiger partial charge in [0.25, 0.3) is 0 Å². The number of amides is 2. The Hall–Kier alpha value is -1.96. The fourth-order valence-electron chi connectivity index (χ4n) is 1.05. The Morgan fingerprint density at radius 2 is 2.06 bits per heavy atom. The molecule has 0 aliphatic heterocycles. The monoisotopic (exact) mass is 255 g/mol. The molecule has 0 bridgehead atoms. The van der Waals surface area contributed by atoms with Gasteiger partial charge in [-0.2, -0.15) is 0 Å². The summed E-state index contributed by atoms with van der Waals surface area (Å²) in [5, 5.41) is 4.75. The maximum Gasteiger partial charge on any atom is 0.309 e. The minimum absolute atomic E-state index is 0.0170. The molecule has 1 rings (SSSR count). The highest BCUT2D eigenvalue weighted by Gasteiger charge is 2.11. The number of hydrogen-bond acceptors (Lipinski definition) is 4. The number of imidazole rings is 1. The Balaban J connectivity index is 2.20. The van der Waals surface area contributed by atoms with Crippen LogP contribution in [0.1, 0.15) is 0 Å². The maximum atomic E-state index is 11.3. The fourth-order valence-corrected chi connectivity index (χ4v) is 1.12. The van der Waals surface area contributed by atoms with Crippen molar-refractivity contribution in [1.29, 1.82) is 0 Å². The minimum atomic E-state index is -0.747. The van der Waals surface area contributed by atoms with E-state index in [1.165, 1.54) is 0 Å². The third-order valence-corrected chi connectivity index (χ3v) is 1.99. The van der Waals surface area contributed by atoms with Crippen LogP contribution in [0.4, 0.5) is 0 Å². The molecule has 0 aliphatic rings. The summed E-state index contributed by atoms with van der Waals surface area (Å²) in [6.07, 6.45) is 5.02. The van der Waals surface area contributed by atoms with Crippen molar-refractivity contribution in [3.63, 3.8) is 0 Å². The lowest BCUT2D eigenvalue weighted by molar-refractivity contribution is -0.139. The predicted octanol–water partition coefficient (Wildman–Crippen LogP) is -1.60. The third-order valence-electron chi connectivity index (χ3n) is 1.84. The highest BCUT2D eigenvalue weighted by atomic mass is 32.1. The second-order valence-electron chi connectivity index (χ2n) is 3.21. The van der Waals surface area contributed by atoms with Gasteiger partial charge in [-0.05, 0) is 0 Å². The van der Waals surface area contributed by atoms with Gasteiger partial charge in [-0.3, -0.25) is 9.59 Å². The van der Waals surface area contributed by atoms with Gasteiger partial charge >= 0.3 is 11.8 Å². The van der Waals surface area contributed by atoms with Gasteiger partial charge in [0.2, 0.25) is 0 Å². The van der Waals surface area contributed by atoms with E-state index in [-0.39, 0.29) is 11.5 Å². The number of carbonyl (C=O) groups is 2. The summed E-state index contributed by atoms with van der Waals surface area (Å²) in [6, 6.07) is 0. The minimum Gasteiger partial charge on any atom is -0.392 e. The zero-order chi connectivity index (χ0) is 12.7. The molecular formula is C9H13N5O2S. The summed E-state index contributed by atoms with van der Waals surface area (Å²) in [4.78, 5) is 26.4. The summed E-state index contributed by atoms with van der Waals surface area (Å²) in [6.45, 7) is 0.910. The van der Waals surface area contributed by atoms with Crippen LogP contribution in [0.15, 0.2) is 18.7 Å². The SMILES string of the molecule is NC(=S)CNC(=O)C(=O)NCCn1ccnc1. The average molecular weight is 255 g/mol. The van der Waals surface area contributed by atoms with E-state index in [0.717, 1.165) is 0 Å². The second-order valence-corrected chi connectivity index (χ2v) is 3.73. The van der Waals surface area contributed by atoms with Crippen LogP contribution in [0.3, 0.4) is 0 Å². The van der Waals surface area contributed by atoms with E-state index in [4.69, 9.17) is 5.73 Å². The van der Waals surface area contributed by atoms with Crippen LogP contribution in [0, 0.1) is 0 Å². The van der Waals surface area contributed by atoms with Crippen LogP contribution in [0.5, 0.6) is 0 Å². The molecule has 0 saturated carbocycles. The molecule has 1 heterocycles. The van der Waals surface area contributed by atoms with Crippen molar-refractivity contribution in [3.05, 3.63) is 18.7 Å². The Kier molecular flexibility index (Phi) is 5.08. The summed E-state index contributed by atoms with van der Waals surface area (Å²) in [5.74, 6) is -1.45. The smallest absolute Gasteiger partial charge is 0.309 e. The number of nitrogens with zero attached hydrogens (tertiary/aromatic N) is 2. The van der Waals surface area contributed by atoms with E-state index in [2.05, 4.69) is 27.8 Å². The summed E-state index contributed by atoms with van der Waals surface area (Å²) in [5.41, 5.74) is 5.18. The van der Waals surface area contributed by atoms with E-state index >= 15 is 0 Å². The Labute approximate surface area is 103 Å². The van der Waals surface area contributed by atoms with Crippen LogP contribution < -0.4 is 16.4 Å². The molecule has 1 aromatic rings. The van der Waals surface area contributed by atoms with Crippen molar-refractivity contribution in [1.82, 2.24) is 20.2 Å². The standard InChI is InChI=1S/C9H13N5O2S/c10-7(17)5-13-9(16)8(15)12-2-4-14-3-1-11-6-14/h1,3,6H,2,4-5H2,(H2,10,17)(H,12,15)(H,13,16). The average Bonchev–Trinajstić information content (AvgIpc) is 2.78. The molecule has 8 heteroatoms. The van der Waals surface area contributed by atoms with Crippen LogP contribution >= 0.6 is 12.2 Å². The normalized spacial score (nSPS) is 9.65. The first-order valence-electron chi connectivity index (χ1n) is 4.89. The molecule has 0 atom stereocenters. The molecule has 4 N–H and O–H groups in total. The molecule has 0 aliphatic carbocycles. The third kappa shape index (κ3) is 5.07. The second kappa shape index (κ2) is 6.59. The molecule has 0 unspecified atom stereocenters. The molecule has 17 heavy (non-hydrogen) atoms. The van der Waals surface area contributed by atoms with Crippen LogP contribution in [0.25, 0.3) is 0 Å². The van der Waals surface area contributed by atoms with Gasteiger partial charge in [0.05, 0.1) is 17.9 Å². The van der Waals surface area contributed by atoms with Gasteiger partial charge in [-0.25, -0.2) is 4.98 Å². The van der Waals surface area contributed by atoms with Gasteiger partial charge in [0, 0.05) is 25.5 Å². The Morgan fingerprint density at radius 3 is 2.65 bits per heavy atom. The van der Waals surface area contributed by atoms with E-state index < -0.39 is 11.8 Å². The summed E-state index contributed by atoms with van der Waals surface area (Å²) < 4.78 is 1.78. The first kappa shape index (κ1) is 13.1. The van der Waals surface area contributed by atoms with Crippen LogP contribution in [-0.2, 0) is 16.1 Å². The molecule has 0 spiro atoms. The number of thiocarbonyl (C=S) groups is 1.